The highest BCUT2D eigenvalue weighted by molar-refractivity contribution is 5.92. The van der Waals surface area contributed by atoms with Crippen molar-refractivity contribution in [2.24, 2.45) is 11.8 Å². The van der Waals surface area contributed by atoms with Gasteiger partial charge in [0, 0.05) is 19.6 Å². The van der Waals surface area contributed by atoms with Gasteiger partial charge in [-0.1, -0.05) is 32.4 Å². The van der Waals surface area contributed by atoms with Crippen LogP contribution in [0.1, 0.15) is 37.0 Å². The van der Waals surface area contributed by atoms with Crippen LogP contribution in [0.4, 0.5) is 0 Å². The smallest absolute Gasteiger partial charge is 0.341 e. The summed E-state index contributed by atoms with van der Waals surface area (Å²) >= 11 is 0. The van der Waals surface area contributed by atoms with Gasteiger partial charge in [-0.05, 0) is 30.4 Å². The molecule has 1 heterocycles. The number of esters is 1. The number of carbonyl (C=O) groups excluding carboxylic acids is 1. The SMILES string of the molecule is CCC1CC(C)CN(CCOc2ccccc2C(=O)OC)C1. The van der Waals surface area contributed by atoms with E-state index in [1.165, 1.54) is 20.0 Å². The summed E-state index contributed by atoms with van der Waals surface area (Å²) in [6, 6.07) is 7.24. The molecule has 2 unspecified atom stereocenters. The second-order valence-corrected chi connectivity index (χ2v) is 6.21. The molecule has 1 aromatic carbocycles. The van der Waals surface area contributed by atoms with Gasteiger partial charge in [0.2, 0.25) is 0 Å². The second kappa shape index (κ2) is 8.18. The fourth-order valence-corrected chi connectivity index (χ4v) is 3.23. The van der Waals surface area contributed by atoms with Gasteiger partial charge in [0.25, 0.3) is 0 Å². The van der Waals surface area contributed by atoms with Crippen molar-refractivity contribution in [1.29, 1.82) is 0 Å². The molecule has 2 rings (SSSR count). The van der Waals surface area contributed by atoms with Crippen LogP contribution in [-0.4, -0.2) is 44.2 Å². The maximum atomic E-state index is 11.7. The molecule has 0 radical (unpaired) electrons. The first-order chi connectivity index (χ1) is 10.6. The van der Waals surface area contributed by atoms with Crippen LogP contribution in [0.3, 0.4) is 0 Å². The maximum absolute atomic E-state index is 11.7. The predicted octanol–water partition coefficient (Wildman–Crippen LogP) is 3.22. The van der Waals surface area contributed by atoms with Gasteiger partial charge < -0.3 is 9.47 Å². The highest BCUT2D eigenvalue weighted by Gasteiger charge is 2.23. The summed E-state index contributed by atoms with van der Waals surface area (Å²) in [7, 11) is 1.39. The summed E-state index contributed by atoms with van der Waals surface area (Å²) < 4.78 is 10.6. The molecule has 122 valence electrons. The highest BCUT2D eigenvalue weighted by Crippen LogP contribution is 2.24. The number of carbonyl (C=O) groups is 1. The van der Waals surface area contributed by atoms with Crippen molar-refractivity contribution in [3.05, 3.63) is 29.8 Å². The summed E-state index contributed by atoms with van der Waals surface area (Å²) in [5, 5.41) is 0. The van der Waals surface area contributed by atoms with Crippen molar-refractivity contribution in [3.63, 3.8) is 0 Å². The first-order valence-corrected chi connectivity index (χ1v) is 8.16. The second-order valence-electron chi connectivity index (χ2n) is 6.21. The Balaban J connectivity index is 1.87. The number of likely N-dealkylation sites (tertiary alicyclic amines) is 1. The zero-order valence-corrected chi connectivity index (χ0v) is 13.9. The molecule has 0 bridgehead atoms. The average Bonchev–Trinajstić information content (AvgIpc) is 2.54. The Morgan fingerprint density at radius 2 is 2.09 bits per heavy atom. The summed E-state index contributed by atoms with van der Waals surface area (Å²) in [4.78, 5) is 14.2. The van der Waals surface area contributed by atoms with E-state index < -0.39 is 0 Å². The third-order valence-corrected chi connectivity index (χ3v) is 4.36. The molecule has 0 amide bonds. The van der Waals surface area contributed by atoms with Gasteiger partial charge in [-0.2, -0.15) is 0 Å². The Morgan fingerprint density at radius 3 is 2.82 bits per heavy atom. The Labute approximate surface area is 133 Å². The van der Waals surface area contributed by atoms with Gasteiger partial charge >= 0.3 is 5.97 Å². The fourth-order valence-electron chi connectivity index (χ4n) is 3.23. The number of piperidine rings is 1. The number of methoxy groups -OCH3 is 1. The molecule has 4 nitrogen and oxygen atoms in total. The minimum Gasteiger partial charge on any atom is -0.491 e. The molecule has 1 fully saturated rings. The van der Waals surface area contributed by atoms with Crippen LogP contribution in [0.25, 0.3) is 0 Å². The molecule has 1 aliphatic heterocycles. The number of rotatable bonds is 6. The molecule has 22 heavy (non-hydrogen) atoms. The molecular weight excluding hydrogens is 278 g/mol. The summed E-state index contributed by atoms with van der Waals surface area (Å²) in [5.41, 5.74) is 0.489. The van der Waals surface area contributed by atoms with Gasteiger partial charge in [-0.15, -0.1) is 0 Å². The third-order valence-electron chi connectivity index (χ3n) is 4.36. The van der Waals surface area contributed by atoms with Crippen molar-refractivity contribution in [2.75, 3.05) is 33.4 Å². The molecule has 4 heteroatoms. The molecule has 1 aromatic rings. The molecule has 2 atom stereocenters. The maximum Gasteiger partial charge on any atom is 0.341 e. The highest BCUT2D eigenvalue weighted by atomic mass is 16.5. The van der Waals surface area contributed by atoms with E-state index in [4.69, 9.17) is 9.47 Å². The van der Waals surface area contributed by atoms with Crippen molar-refractivity contribution in [3.8, 4) is 5.75 Å². The molecule has 0 aromatic heterocycles. The summed E-state index contributed by atoms with van der Waals surface area (Å²) in [6.45, 7) is 8.38. The van der Waals surface area contributed by atoms with Gasteiger partial charge in [-0.3, -0.25) is 4.90 Å². The fraction of sp³-hybridized carbons (Fsp3) is 0.611. The number of hydrogen-bond donors (Lipinski definition) is 0. The molecular formula is C18H27NO3. The van der Waals surface area contributed by atoms with Gasteiger partial charge in [0.1, 0.15) is 17.9 Å². The Morgan fingerprint density at radius 1 is 1.32 bits per heavy atom. The molecule has 0 N–H and O–H groups in total. The van der Waals surface area contributed by atoms with E-state index in [0.717, 1.165) is 31.5 Å². The molecule has 0 saturated carbocycles. The molecule has 1 aliphatic rings. The monoisotopic (exact) mass is 305 g/mol. The quantitative estimate of drug-likeness (QED) is 0.757. The standard InChI is InChI=1S/C18H27NO3/c1-4-15-11-14(2)12-19(13-15)9-10-22-17-8-6-5-7-16(17)18(20)21-3/h5-8,14-15H,4,9-13H2,1-3H3. The van der Waals surface area contributed by atoms with Gasteiger partial charge in [-0.25, -0.2) is 4.79 Å². The van der Waals surface area contributed by atoms with E-state index in [-0.39, 0.29) is 5.97 Å². The Bertz CT molecular complexity index is 489. The van der Waals surface area contributed by atoms with E-state index in [1.54, 1.807) is 6.07 Å². The van der Waals surface area contributed by atoms with Crippen LogP contribution in [-0.2, 0) is 4.74 Å². The number of hydrogen-bond acceptors (Lipinski definition) is 4. The minimum atomic E-state index is -0.353. The van der Waals surface area contributed by atoms with E-state index in [9.17, 15) is 4.79 Å². The molecule has 0 aliphatic carbocycles. The normalized spacial score (nSPS) is 22.3. The largest absolute Gasteiger partial charge is 0.491 e. The first kappa shape index (κ1) is 16.8. The van der Waals surface area contributed by atoms with Crippen LogP contribution in [0, 0.1) is 11.8 Å². The number of nitrogens with zero attached hydrogens (tertiary/aromatic N) is 1. The third kappa shape index (κ3) is 4.47. The first-order valence-electron chi connectivity index (χ1n) is 8.16. The van der Waals surface area contributed by atoms with Crippen LogP contribution in [0.2, 0.25) is 0 Å². The van der Waals surface area contributed by atoms with E-state index in [2.05, 4.69) is 18.7 Å². The lowest BCUT2D eigenvalue weighted by Crippen LogP contribution is -2.41. The number of ether oxygens (including phenoxy) is 2. The molecule has 0 spiro atoms. The van der Waals surface area contributed by atoms with Crippen molar-refractivity contribution in [1.82, 2.24) is 4.90 Å². The van der Waals surface area contributed by atoms with Crippen LogP contribution >= 0.6 is 0 Å². The number of benzene rings is 1. The molecule has 1 saturated heterocycles. The minimum absolute atomic E-state index is 0.353. The van der Waals surface area contributed by atoms with Gasteiger partial charge in [0.15, 0.2) is 0 Å². The lowest BCUT2D eigenvalue weighted by molar-refractivity contribution is 0.0594. The van der Waals surface area contributed by atoms with Crippen LogP contribution < -0.4 is 4.74 Å². The van der Waals surface area contributed by atoms with Crippen molar-refractivity contribution in [2.45, 2.75) is 26.7 Å². The zero-order valence-electron chi connectivity index (χ0n) is 13.9. The summed E-state index contributed by atoms with van der Waals surface area (Å²) in [5.74, 6) is 1.80. The Kier molecular flexibility index (Phi) is 6.25. The summed E-state index contributed by atoms with van der Waals surface area (Å²) in [6.07, 6.45) is 2.58. The van der Waals surface area contributed by atoms with Crippen LogP contribution in [0.15, 0.2) is 24.3 Å². The van der Waals surface area contributed by atoms with Crippen LogP contribution in [0.5, 0.6) is 5.75 Å². The zero-order chi connectivity index (χ0) is 15.9. The van der Waals surface area contributed by atoms with E-state index in [0.29, 0.717) is 17.9 Å². The average molecular weight is 305 g/mol. The Hall–Kier alpha value is -1.55. The topological polar surface area (TPSA) is 38.8 Å². The lowest BCUT2D eigenvalue weighted by Gasteiger charge is -2.36. The number of para-hydroxylation sites is 1. The van der Waals surface area contributed by atoms with Gasteiger partial charge in [0.05, 0.1) is 7.11 Å². The van der Waals surface area contributed by atoms with Crippen molar-refractivity contribution < 1.29 is 14.3 Å². The van der Waals surface area contributed by atoms with E-state index >= 15 is 0 Å². The lowest BCUT2D eigenvalue weighted by atomic mass is 9.89. The predicted molar refractivity (Wildman–Crippen MR) is 87.3 cm³/mol. The van der Waals surface area contributed by atoms with E-state index in [1.807, 2.05) is 18.2 Å². The van der Waals surface area contributed by atoms with Crippen molar-refractivity contribution >= 4 is 5.97 Å².